The second-order valence-corrected chi connectivity index (χ2v) is 4.31. The first-order valence-corrected chi connectivity index (χ1v) is 5.54. The maximum atomic E-state index is 12.4. The number of aromatic nitrogens is 1. The van der Waals surface area contributed by atoms with E-state index in [1.54, 1.807) is 26.0 Å². The zero-order valence-corrected chi connectivity index (χ0v) is 10.3. The lowest BCUT2D eigenvalue weighted by Gasteiger charge is -2.27. The third kappa shape index (κ3) is 4.89. The molecule has 0 aromatic carbocycles. The average molecular weight is 262 g/mol. The van der Waals surface area contributed by atoms with E-state index in [4.69, 9.17) is 5.84 Å². The summed E-state index contributed by atoms with van der Waals surface area (Å²) in [4.78, 5) is 5.25. The largest absolute Gasteiger partial charge is 0.401 e. The van der Waals surface area contributed by atoms with Gasteiger partial charge in [-0.25, -0.2) is 10.8 Å². The van der Waals surface area contributed by atoms with Gasteiger partial charge < -0.3 is 5.43 Å². The quantitative estimate of drug-likeness (QED) is 0.630. The van der Waals surface area contributed by atoms with Crippen molar-refractivity contribution in [1.29, 1.82) is 0 Å². The Bertz CT molecular complexity index is 379. The van der Waals surface area contributed by atoms with E-state index in [-0.39, 0.29) is 12.6 Å². The number of anilines is 1. The van der Waals surface area contributed by atoms with Gasteiger partial charge >= 0.3 is 6.18 Å². The lowest BCUT2D eigenvalue weighted by Crippen LogP contribution is -2.38. The predicted molar refractivity (Wildman–Crippen MR) is 63.6 cm³/mol. The van der Waals surface area contributed by atoms with Gasteiger partial charge in [-0.2, -0.15) is 13.2 Å². The second kappa shape index (κ2) is 6.01. The Morgan fingerprint density at radius 1 is 1.44 bits per heavy atom. The van der Waals surface area contributed by atoms with Crippen LogP contribution in [-0.2, 0) is 6.54 Å². The molecule has 102 valence electrons. The molecule has 0 fully saturated rings. The monoisotopic (exact) mass is 262 g/mol. The molecule has 1 heterocycles. The summed E-state index contributed by atoms with van der Waals surface area (Å²) in [5.74, 6) is 5.64. The van der Waals surface area contributed by atoms with E-state index in [9.17, 15) is 13.2 Å². The first-order chi connectivity index (χ1) is 8.31. The van der Waals surface area contributed by atoms with Gasteiger partial charge in [-0.05, 0) is 31.5 Å². The summed E-state index contributed by atoms with van der Waals surface area (Å²) >= 11 is 0. The second-order valence-electron chi connectivity index (χ2n) is 4.31. The molecular formula is C11H17F3N4. The summed E-state index contributed by atoms with van der Waals surface area (Å²) in [6.45, 7) is 2.73. The van der Waals surface area contributed by atoms with Crippen LogP contribution in [0.2, 0.25) is 0 Å². The van der Waals surface area contributed by atoms with E-state index in [0.29, 0.717) is 5.82 Å². The fourth-order valence-electron chi connectivity index (χ4n) is 1.54. The van der Waals surface area contributed by atoms with E-state index >= 15 is 0 Å². The standard InChI is InChI=1S/C11H17F3N4/c1-8(2)18(7-11(12,13)14)6-9-3-4-16-10(5-9)17-15/h3-5,8H,6-7,15H2,1-2H3,(H,16,17). The molecule has 0 spiro atoms. The Labute approximate surface area is 104 Å². The van der Waals surface area contributed by atoms with Crippen molar-refractivity contribution in [3.63, 3.8) is 0 Å². The van der Waals surface area contributed by atoms with Gasteiger partial charge in [0.1, 0.15) is 5.82 Å². The molecule has 0 aliphatic carbocycles. The van der Waals surface area contributed by atoms with Gasteiger partial charge in [-0.3, -0.25) is 4.90 Å². The molecule has 0 aliphatic heterocycles. The van der Waals surface area contributed by atoms with Gasteiger partial charge in [0.25, 0.3) is 0 Å². The lowest BCUT2D eigenvalue weighted by molar-refractivity contribution is -0.150. The number of nitrogens with zero attached hydrogens (tertiary/aromatic N) is 2. The molecule has 4 nitrogen and oxygen atoms in total. The average Bonchev–Trinajstić information content (AvgIpc) is 2.26. The number of rotatable bonds is 5. The summed E-state index contributed by atoms with van der Waals surface area (Å²) in [5, 5.41) is 0. The summed E-state index contributed by atoms with van der Waals surface area (Å²) in [6.07, 6.45) is -2.69. The molecule has 0 saturated carbocycles. The fraction of sp³-hybridized carbons (Fsp3) is 0.545. The van der Waals surface area contributed by atoms with Gasteiger partial charge in [-0.15, -0.1) is 0 Å². The van der Waals surface area contributed by atoms with Crippen LogP contribution in [0.25, 0.3) is 0 Å². The highest BCUT2D eigenvalue weighted by Gasteiger charge is 2.31. The molecule has 0 bridgehead atoms. The minimum absolute atomic E-state index is 0.200. The summed E-state index contributed by atoms with van der Waals surface area (Å²) in [5.41, 5.74) is 3.10. The topological polar surface area (TPSA) is 54.2 Å². The van der Waals surface area contributed by atoms with E-state index in [2.05, 4.69) is 10.4 Å². The minimum atomic E-state index is -4.20. The Kier molecular flexibility index (Phi) is 4.92. The Morgan fingerprint density at radius 2 is 2.11 bits per heavy atom. The van der Waals surface area contributed by atoms with E-state index in [1.165, 1.54) is 11.1 Å². The number of hydrogen-bond donors (Lipinski definition) is 2. The van der Waals surface area contributed by atoms with Gasteiger partial charge in [0, 0.05) is 18.8 Å². The molecule has 0 aliphatic rings. The Hall–Kier alpha value is -1.34. The Balaban J connectivity index is 2.76. The van der Waals surface area contributed by atoms with Gasteiger partial charge in [0.05, 0.1) is 6.54 Å². The van der Waals surface area contributed by atoms with Crippen molar-refractivity contribution < 1.29 is 13.2 Å². The molecule has 7 heteroatoms. The maximum absolute atomic E-state index is 12.4. The highest BCUT2D eigenvalue weighted by atomic mass is 19.4. The van der Waals surface area contributed by atoms with Crippen LogP contribution in [0.1, 0.15) is 19.4 Å². The third-order valence-corrected chi connectivity index (χ3v) is 2.47. The van der Waals surface area contributed by atoms with Crippen LogP contribution in [0.15, 0.2) is 18.3 Å². The molecule has 0 amide bonds. The molecular weight excluding hydrogens is 245 g/mol. The zero-order chi connectivity index (χ0) is 13.8. The van der Waals surface area contributed by atoms with Crippen LogP contribution in [0.5, 0.6) is 0 Å². The molecule has 18 heavy (non-hydrogen) atoms. The van der Waals surface area contributed by atoms with Crippen molar-refractivity contribution in [2.75, 3.05) is 12.0 Å². The van der Waals surface area contributed by atoms with Crippen molar-refractivity contribution in [3.05, 3.63) is 23.9 Å². The number of alkyl halides is 3. The molecule has 0 saturated heterocycles. The number of nitrogens with one attached hydrogen (secondary N) is 1. The van der Waals surface area contributed by atoms with Crippen LogP contribution in [-0.4, -0.2) is 28.6 Å². The van der Waals surface area contributed by atoms with E-state index in [0.717, 1.165) is 5.56 Å². The third-order valence-electron chi connectivity index (χ3n) is 2.47. The molecule has 1 rings (SSSR count). The smallest absolute Gasteiger partial charge is 0.308 e. The highest BCUT2D eigenvalue weighted by Crippen LogP contribution is 2.20. The minimum Gasteiger partial charge on any atom is -0.308 e. The lowest BCUT2D eigenvalue weighted by atomic mass is 10.2. The molecule has 1 aromatic rings. The van der Waals surface area contributed by atoms with Crippen LogP contribution < -0.4 is 11.3 Å². The van der Waals surface area contributed by atoms with Crippen LogP contribution in [0.4, 0.5) is 19.0 Å². The maximum Gasteiger partial charge on any atom is 0.401 e. The number of hydrogen-bond acceptors (Lipinski definition) is 4. The number of pyridine rings is 1. The van der Waals surface area contributed by atoms with E-state index < -0.39 is 12.7 Å². The number of nitrogen functional groups attached to an aromatic ring is 1. The summed E-state index contributed by atoms with van der Waals surface area (Å²) < 4.78 is 37.3. The molecule has 0 atom stereocenters. The molecule has 0 unspecified atom stereocenters. The van der Waals surface area contributed by atoms with Crippen molar-refractivity contribution in [2.45, 2.75) is 32.6 Å². The molecule has 0 radical (unpaired) electrons. The molecule has 1 aromatic heterocycles. The van der Waals surface area contributed by atoms with Crippen LogP contribution in [0.3, 0.4) is 0 Å². The van der Waals surface area contributed by atoms with Crippen molar-refractivity contribution in [1.82, 2.24) is 9.88 Å². The summed E-state index contributed by atoms with van der Waals surface area (Å²) in [6, 6.07) is 3.10. The SMILES string of the molecule is CC(C)N(Cc1ccnc(NN)c1)CC(F)(F)F. The number of hydrazine groups is 1. The van der Waals surface area contributed by atoms with Crippen molar-refractivity contribution in [3.8, 4) is 0 Å². The zero-order valence-electron chi connectivity index (χ0n) is 10.3. The van der Waals surface area contributed by atoms with Gasteiger partial charge in [0.2, 0.25) is 0 Å². The van der Waals surface area contributed by atoms with Crippen LogP contribution >= 0.6 is 0 Å². The predicted octanol–water partition coefficient (Wildman–Crippen LogP) is 2.14. The fourth-order valence-corrected chi connectivity index (χ4v) is 1.54. The van der Waals surface area contributed by atoms with E-state index in [1.807, 2.05) is 0 Å². The van der Waals surface area contributed by atoms with Crippen molar-refractivity contribution >= 4 is 5.82 Å². The van der Waals surface area contributed by atoms with Crippen LogP contribution in [0, 0.1) is 0 Å². The normalized spacial score (nSPS) is 12.2. The van der Waals surface area contributed by atoms with Crippen molar-refractivity contribution in [2.24, 2.45) is 5.84 Å². The number of nitrogens with two attached hydrogens (primary N) is 1. The van der Waals surface area contributed by atoms with Gasteiger partial charge in [-0.1, -0.05) is 0 Å². The van der Waals surface area contributed by atoms with Gasteiger partial charge in [0.15, 0.2) is 0 Å². The first-order valence-electron chi connectivity index (χ1n) is 5.54. The highest BCUT2D eigenvalue weighted by molar-refractivity contribution is 5.35. The summed E-state index contributed by atoms with van der Waals surface area (Å²) in [7, 11) is 0. The molecule has 3 N–H and O–H groups in total. The first kappa shape index (κ1) is 14.7. The Morgan fingerprint density at radius 3 is 2.61 bits per heavy atom. The number of halogens is 3.